The van der Waals surface area contributed by atoms with Crippen LogP contribution in [0.2, 0.25) is 0 Å². The van der Waals surface area contributed by atoms with Crippen LogP contribution in [-0.4, -0.2) is 48.8 Å². The molecule has 2 rings (SSSR count). The first-order chi connectivity index (χ1) is 7.39. The van der Waals surface area contributed by atoms with E-state index >= 15 is 0 Å². The van der Waals surface area contributed by atoms with Crippen molar-refractivity contribution in [1.29, 1.82) is 0 Å². The summed E-state index contributed by atoms with van der Waals surface area (Å²) in [6.07, 6.45) is 1.24. The molecular weight excluding hydrogens is 200 g/mol. The molecule has 0 aromatic carbocycles. The fraction of sp³-hybridized carbons (Fsp3) is 1.00. The Morgan fingerprint density at radius 3 is 2.69 bits per heavy atom. The van der Waals surface area contributed by atoms with Crippen molar-refractivity contribution in [2.24, 2.45) is 5.92 Å². The topological polar surface area (TPSA) is 24.5 Å². The molecule has 2 aliphatic rings. The molecule has 1 N–H and O–H groups in total. The highest BCUT2D eigenvalue weighted by atomic mass is 16.5. The third-order valence-electron chi connectivity index (χ3n) is 3.94. The van der Waals surface area contributed by atoms with Gasteiger partial charge in [-0.2, -0.15) is 0 Å². The summed E-state index contributed by atoms with van der Waals surface area (Å²) in [5, 5.41) is 3.63. The molecule has 2 aliphatic heterocycles. The van der Waals surface area contributed by atoms with Gasteiger partial charge in [-0.25, -0.2) is 0 Å². The van der Waals surface area contributed by atoms with Crippen LogP contribution in [0.4, 0.5) is 0 Å². The minimum atomic E-state index is 0.245. The third kappa shape index (κ3) is 2.76. The van der Waals surface area contributed by atoms with Crippen molar-refractivity contribution in [3.63, 3.8) is 0 Å². The average Bonchev–Trinajstić information content (AvgIpc) is 2.65. The van der Waals surface area contributed by atoms with Gasteiger partial charge in [0, 0.05) is 37.3 Å². The van der Waals surface area contributed by atoms with Crippen molar-refractivity contribution in [2.45, 2.75) is 45.2 Å². The van der Waals surface area contributed by atoms with Crippen LogP contribution >= 0.6 is 0 Å². The van der Waals surface area contributed by atoms with Crippen LogP contribution in [-0.2, 0) is 4.74 Å². The molecule has 0 saturated carbocycles. The molecule has 0 aromatic heterocycles. The lowest BCUT2D eigenvalue weighted by Gasteiger charge is -2.50. The lowest BCUT2D eigenvalue weighted by atomic mass is 9.90. The number of nitrogens with zero attached hydrogens (tertiary/aromatic N) is 1. The summed E-state index contributed by atoms with van der Waals surface area (Å²) in [6.45, 7) is 14.6. The Labute approximate surface area is 99.5 Å². The van der Waals surface area contributed by atoms with Gasteiger partial charge in [0.15, 0.2) is 0 Å². The van der Waals surface area contributed by atoms with Crippen LogP contribution < -0.4 is 5.32 Å². The molecule has 2 saturated heterocycles. The van der Waals surface area contributed by atoms with Gasteiger partial charge >= 0.3 is 0 Å². The lowest BCUT2D eigenvalue weighted by molar-refractivity contribution is 0.0245. The fourth-order valence-electron chi connectivity index (χ4n) is 2.67. The minimum absolute atomic E-state index is 0.245. The maximum Gasteiger partial charge on any atom is 0.0507 e. The predicted octanol–water partition coefficient (Wildman–Crippen LogP) is 1.49. The van der Waals surface area contributed by atoms with E-state index in [2.05, 4.69) is 37.9 Å². The zero-order chi connectivity index (χ0) is 11.8. The summed E-state index contributed by atoms with van der Waals surface area (Å²) in [6, 6.07) is 0. The van der Waals surface area contributed by atoms with Gasteiger partial charge < -0.3 is 10.1 Å². The van der Waals surface area contributed by atoms with E-state index in [0.717, 1.165) is 32.2 Å². The second-order valence-corrected chi connectivity index (χ2v) is 6.66. The highest BCUT2D eigenvalue weighted by molar-refractivity contribution is 4.98. The minimum Gasteiger partial charge on any atom is -0.381 e. The summed E-state index contributed by atoms with van der Waals surface area (Å²) in [5.41, 5.74) is 0.521. The SMILES string of the molecule is CC1(C)CN(CC2CCOC2)C(C)(C)CN1. The second kappa shape index (κ2) is 4.28. The molecule has 3 heteroatoms. The van der Waals surface area contributed by atoms with Crippen LogP contribution in [0.15, 0.2) is 0 Å². The predicted molar refractivity (Wildman–Crippen MR) is 66.7 cm³/mol. The first-order valence-corrected chi connectivity index (χ1v) is 6.47. The van der Waals surface area contributed by atoms with Crippen LogP contribution in [0.3, 0.4) is 0 Å². The van der Waals surface area contributed by atoms with E-state index in [0.29, 0.717) is 0 Å². The molecule has 0 aromatic rings. The van der Waals surface area contributed by atoms with Gasteiger partial charge in [0.2, 0.25) is 0 Å². The molecule has 0 aliphatic carbocycles. The number of rotatable bonds is 2. The van der Waals surface area contributed by atoms with E-state index < -0.39 is 0 Å². The molecule has 1 unspecified atom stereocenters. The van der Waals surface area contributed by atoms with E-state index in [1.807, 2.05) is 0 Å². The first kappa shape index (κ1) is 12.3. The normalized spacial score (nSPS) is 34.1. The smallest absolute Gasteiger partial charge is 0.0507 e. The quantitative estimate of drug-likeness (QED) is 0.772. The maximum atomic E-state index is 5.48. The zero-order valence-corrected chi connectivity index (χ0v) is 11.2. The van der Waals surface area contributed by atoms with E-state index in [-0.39, 0.29) is 11.1 Å². The van der Waals surface area contributed by atoms with Gasteiger partial charge in [-0.15, -0.1) is 0 Å². The second-order valence-electron chi connectivity index (χ2n) is 6.66. The Hall–Kier alpha value is -0.120. The molecule has 2 fully saturated rings. The van der Waals surface area contributed by atoms with Gasteiger partial charge in [-0.1, -0.05) is 0 Å². The zero-order valence-electron chi connectivity index (χ0n) is 11.2. The summed E-state index contributed by atoms with van der Waals surface area (Å²) in [7, 11) is 0. The summed E-state index contributed by atoms with van der Waals surface area (Å²) in [4.78, 5) is 2.64. The van der Waals surface area contributed by atoms with Crippen molar-refractivity contribution in [3.8, 4) is 0 Å². The van der Waals surface area contributed by atoms with Crippen molar-refractivity contribution >= 4 is 0 Å². The van der Waals surface area contributed by atoms with Crippen LogP contribution in [0, 0.1) is 5.92 Å². The van der Waals surface area contributed by atoms with Crippen LogP contribution in [0.1, 0.15) is 34.1 Å². The summed E-state index contributed by atoms with van der Waals surface area (Å²) < 4.78 is 5.48. The Kier molecular flexibility index (Phi) is 3.30. The highest BCUT2D eigenvalue weighted by Crippen LogP contribution is 2.26. The Morgan fingerprint density at radius 1 is 1.31 bits per heavy atom. The van der Waals surface area contributed by atoms with Crippen LogP contribution in [0.25, 0.3) is 0 Å². The van der Waals surface area contributed by atoms with Gasteiger partial charge in [0.25, 0.3) is 0 Å². The van der Waals surface area contributed by atoms with Gasteiger partial charge in [-0.05, 0) is 40.0 Å². The Balaban J connectivity index is 1.98. The van der Waals surface area contributed by atoms with Gasteiger partial charge in [0.05, 0.1) is 6.61 Å². The standard InChI is InChI=1S/C13H26N2O/c1-12(2)10-15(13(3,4)9-14-12)7-11-5-6-16-8-11/h11,14H,5-10H2,1-4H3. The molecule has 0 amide bonds. The number of nitrogens with one attached hydrogen (secondary N) is 1. The van der Waals surface area contributed by atoms with Gasteiger partial charge in [0.1, 0.15) is 0 Å². The van der Waals surface area contributed by atoms with E-state index in [4.69, 9.17) is 4.74 Å². The lowest BCUT2D eigenvalue weighted by Crippen LogP contribution is -2.66. The molecular formula is C13H26N2O. The Bertz CT molecular complexity index is 244. The average molecular weight is 226 g/mol. The molecule has 94 valence electrons. The van der Waals surface area contributed by atoms with Crippen molar-refractivity contribution in [2.75, 3.05) is 32.8 Å². The fourth-order valence-corrected chi connectivity index (χ4v) is 2.67. The summed E-state index contributed by atoms with van der Waals surface area (Å²) in [5.74, 6) is 0.744. The highest BCUT2D eigenvalue weighted by Gasteiger charge is 2.38. The number of hydrogen-bond acceptors (Lipinski definition) is 3. The van der Waals surface area contributed by atoms with Gasteiger partial charge in [-0.3, -0.25) is 4.90 Å². The summed E-state index contributed by atoms with van der Waals surface area (Å²) >= 11 is 0. The van der Waals surface area contributed by atoms with Crippen molar-refractivity contribution < 1.29 is 4.74 Å². The largest absolute Gasteiger partial charge is 0.381 e. The molecule has 2 heterocycles. The molecule has 16 heavy (non-hydrogen) atoms. The van der Waals surface area contributed by atoms with Crippen molar-refractivity contribution in [3.05, 3.63) is 0 Å². The number of hydrogen-bond donors (Lipinski definition) is 1. The van der Waals surface area contributed by atoms with E-state index in [1.54, 1.807) is 0 Å². The third-order valence-corrected chi connectivity index (χ3v) is 3.94. The number of piperazine rings is 1. The first-order valence-electron chi connectivity index (χ1n) is 6.47. The molecule has 3 nitrogen and oxygen atoms in total. The molecule has 0 radical (unpaired) electrons. The number of ether oxygens (including phenoxy) is 1. The molecule has 1 atom stereocenters. The van der Waals surface area contributed by atoms with Crippen LogP contribution in [0.5, 0.6) is 0 Å². The van der Waals surface area contributed by atoms with Crippen molar-refractivity contribution in [1.82, 2.24) is 10.2 Å². The monoisotopic (exact) mass is 226 g/mol. The molecule has 0 bridgehead atoms. The maximum absolute atomic E-state index is 5.48. The van der Waals surface area contributed by atoms with E-state index in [1.165, 1.54) is 13.0 Å². The Morgan fingerprint density at radius 2 is 2.06 bits per heavy atom. The van der Waals surface area contributed by atoms with E-state index in [9.17, 15) is 0 Å². The molecule has 0 spiro atoms.